The Morgan fingerprint density at radius 1 is 1.24 bits per heavy atom. The summed E-state index contributed by atoms with van der Waals surface area (Å²) in [5.41, 5.74) is 2.44. The Bertz CT molecular complexity index is 640. The molecule has 0 saturated heterocycles. The fourth-order valence-corrected chi connectivity index (χ4v) is 2.40. The maximum atomic E-state index is 4.28. The Hall–Kier alpha value is -1.61. The van der Waals surface area contributed by atoms with Crippen molar-refractivity contribution in [2.24, 2.45) is 12.0 Å². The van der Waals surface area contributed by atoms with E-state index in [1.165, 1.54) is 5.56 Å². The molecule has 1 heterocycles. The molecule has 2 aromatic rings. The van der Waals surface area contributed by atoms with Gasteiger partial charge in [0.2, 0.25) is 0 Å². The van der Waals surface area contributed by atoms with Gasteiger partial charge in [-0.15, -0.1) is 24.0 Å². The van der Waals surface area contributed by atoms with Crippen LogP contribution in [-0.2, 0) is 20.1 Å². The van der Waals surface area contributed by atoms with Gasteiger partial charge in [-0.2, -0.15) is 5.10 Å². The Labute approximate surface area is 167 Å². The summed E-state index contributed by atoms with van der Waals surface area (Å²) in [4.78, 5) is 6.61. The number of nitrogens with one attached hydrogen (secondary N) is 2. The van der Waals surface area contributed by atoms with Crippen molar-refractivity contribution in [2.45, 2.75) is 26.1 Å². The number of hydrogen-bond acceptors (Lipinski definition) is 3. The molecule has 1 atom stereocenters. The molecule has 0 saturated carbocycles. The highest BCUT2D eigenvalue weighted by atomic mass is 127. The quantitative estimate of drug-likeness (QED) is 0.381. The predicted octanol–water partition coefficient (Wildman–Crippen LogP) is 2.22. The maximum Gasteiger partial charge on any atom is 0.191 e. The molecule has 1 unspecified atom stereocenters. The van der Waals surface area contributed by atoms with Gasteiger partial charge in [0.1, 0.15) is 0 Å². The average molecular weight is 456 g/mol. The highest BCUT2D eigenvalue weighted by molar-refractivity contribution is 14.0. The minimum atomic E-state index is 0. The summed E-state index contributed by atoms with van der Waals surface area (Å²) in [5.74, 6) is 0.802. The number of guanidine groups is 1. The molecule has 0 aliphatic heterocycles. The van der Waals surface area contributed by atoms with Crippen LogP contribution < -0.4 is 10.6 Å². The Morgan fingerprint density at radius 3 is 2.56 bits per heavy atom. The highest BCUT2D eigenvalue weighted by Crippen LogP contribution is 2.05. The lowest BCUT2D eigenvalue weighted by atomic mass is 10.2. The third kappa shape index (κ3) is 7.03. The molecule has 0 amide bonds. The van der Waals surface area contributed by atoms with Crippen LogP contribution in [-0.4, -0.2) is 47.3 Å². The second-order valence-corrected chi connectivity index (χ2v) is 6.00. The van der Waals surface area contributed by atoms with Crippen LogP contribution >= 0.6 is 24.0 Å². The molecule has 1 aromatic carbocycles. The molecule has 0 bridgehead atoms. The third-order valence-electron chi connectivity index (χ3n) is 4.18. The molecule has 0 spiro atoms. The van der Waals surface area contributed by atoms with Gasteiger partial charge in [0, 0.05) is 39.4 Å². The minimum absolute atomic E-state index is 0. The van der Waals surface area contributed by atoms with Crippen molar-refractivity contribution in [3.8, 4) is 0 Å². The number of aryl methyl sites for hydroxylation is 1. The van der Waals surface area contributed by atoms with E-state index in [1.54, 1.807) is 13.2 Å². The average Bonchev–Trinajstić information content (AvgIpc) is 3.00. The fraction of sp³-hybridized carbons (Fsp3) is 0.444. The highest BCUT2D eigenvalue weighted by Gasteiger charge is 2.10. The first-order valence-corrected chi connectivity index (χ1v) is 8.25. The second kappa shape index (κ2) is 11.1. The number of nitrogens with zero attached hydrogens (tertiary/aromatic N) is 4. The van der Waals surface area contributed by atoms with Crippen LogP contribution in [0.2, 0.25) is 0 Å². The van der Waals surface area contributed by atoms with Crippen LogP contribution in [0.3, 0.4) is 0 Å². The Kier molecular flexibility index (Phi) is 9.51. The summed E-state index contributed by atoms with van der Waals surface area (Å²) in [6.07, 6.45) is 1.80. The van der Waals surface area contributed by atoms with Gasteiger partial charge in [-0.1, -0.05) is 30.3 Å². The van der Waals surface area contributed by atoms with Crippen molar-refractivity contribution in [3.63, 3.8) is 0 Å². The molecule has 25 heavy (non-hydrogen) atoms. The molecule has 2 N–H and O–H groups in total. The van der Waals surface area contributed by atoms with E-state index in [0.717, 1.165) is 24.7 Å². The molecule has 138 valence electrons. The summed E-state index contributed by atoms with van der Waals surface area (Å²) < 4.78 is 1.86. The third-order valence-corrected chi connectivity index (χ3v) is 4.18. The van der Waals surface area contributed by atoms with Gasteiger partial charge in [-0.25, -0.2) is 0 Å². The zero-order valence-electron chi connectivity index (χ0n) is 15.4. The van der Waals surface area contributed by atoms with Crippen LogP contribution in [0.1, 0.15) is 18.2 Å². The monoisotopic (exact) mass is 456 g/mol. The number of aliphatic imine (C=N–C) groups is 1. The van der Waals surface area contributed by atoms with Crippen LogP contribution in [0.25, 0.3) is 0 Å². The lowest BCUT2D eigenvalue weighted by molar-refractivity contribution is 0.249. The van der Waals surface area contributed by atoms with E-state index in [9.17, 15) is 0 Å². The van der Waals surface area contributed by atoms with Crippen molar-refractivity contribution in [1.82, 2.24) is 25.3 Å². The summed E-state index contributed by atoms with van der Waals surface area (Å²) in [5, 5.41) is 10.9. The number of aromatic nitrogens is 2. The first-order chi connectivity index (χ1) is 11.6. The first-order valence-electron chi connectivity index (χ1n) is 8.25. The van der Waals surface area contributed by atoms with Gasteiger partial charge in [-0.3, -0.25) is 14.6 Å². The Balaban J connectivity index is 0.00000312. The number of benzene rings is 1. The molecule has 2 rings (SSSR count). The van der Waals surface area contributed by atoms with E-state index < -0.39 is 0 Å². The van der Waals surface area contributed by atoms with Crippen molar-refractivity contribution in [3.05, 3.63) is 53.9 Å². The topological polar surface area (TPSA) is 57.5 Å². The second-order valence-electron chi connectivity index (χ2n) is 6.00. The van der Waals surface area contributed by atoms with E-state index in [0.29, 0.717) is 12.6 Å². The molecular formula is C18H29IN6. The molecule has 0 fully saturated rings. The van der Waals surface area contributed by atoms with E-state index in [4.69, 9.17) is 0 Å². The van der Waals surface area contributed by atoms with Gasteiger partial charge < -0.3 is 10.6 Å². The van der Waals surface area contributed by atoms with Crippen molar-refractivity contribution >= 4 is 29.9 Å². The molecule has 0 aliphatic carbocycles. The first kappa shape index (κ1) is 21.4. The van der Waals surface area contributed by atoms with E-state index >= 15 is 0 Å². The van der Waals surface area contributed by atoms with Crippen LogP contribution in [0, 0.1) is 0 Å². The molecule has 0 radical (unpaired) electrons. The predicted molar refractivity (Wildman–Crippen MR) is 114 cm³/mol. The zero-order chi connectivity index (χ0) is 17.4. The summed E-state index contributed by atoms with van der Waals surface area (Å²) in [7, 11) is 5.87. The van der Waals surface area contributed by atoms with Crippen molar-refractivity contribution < 1.29 is 0 Å². The number of likely N-dealkylation sites (N-methyl/N-ethyl adjacent to an activating group) is 1. The van der Waals surface area contributed by atoms with Gasteiger partial charge in [0.15, 0.2) is 5.96 Å². The lowest BCUT2D eigenvalue weighted by Crippen LogP contribution is -2.44. The SMILES string of the molecule is CN=C(NCc1ccnn1C)NCC(C)N(C)Cc1ccccc1.I. The zero-order valence-corrected chi connectivity index (χ0v) is 17.8. The van der Waals surface area contributed by atoms with Crippen molar-refractivity contribution in [1.29, 1.82) is 0 Å². The van der Waals surface area contributed by atoms with Crippen molar-refractivity contribution in [2.75, 3.05) is 20.6 Å². The largest absolute Gasteiger partial charge is 0.355 e. The normalized spacial score (nSPS) is 12.6. The molecular weight excluding hydrogens is 427 g/mol. The van der Waals surface area contributed by atoms with Crippen LogP contribution in [0.5, 0.6) is 0 Å². The van der Waals surface area contributed by atoms with Crippen LogP contribution in [0.4, 0.5) is 0 Å². The molecule has 1 aromatic heterocycles. The van der Waals surface area contributed by atoms with Gasteiger partial charge in [0.05, 0.1) is 12.2 Å². The van der Waals surface area contributed by atoms with Gasteiger partial charge in [0.25, 0.3) is 0 Å². The van der Waals surface area contributed by atoms with E-state index in [2.05, 4.69) is 63.9 Å². The summed E-state index contributed by atoms with van der Waals surface area (Å²) >= 11 is 0. The van der Waals surface area contributed by atoms with Gasteiger partial charge in [-0.05, 0) is 25.6 Å². The maximum absolute atomic E-state index is 4.28. The van der Waals surface area contributed by atoms with Gasteiger partial charge >= 0.3 is 0 Å². The minimum Gasteiger partial charge on any atom is -0.355 e. The summed E-state index contributed by atoms with van der Waals surface area (Å²) in [6, 6.07) is 12.9. The lowest BCUT2D eigenvalue weighted by Gasteiger charge is -2.25. The number of halogens is 1. The fourth-order valence-electron chi connectivity index (χ4n) is 2.40. The standard InChI is InChI=1S/C18H28N6.HI/c1-15(23(3)14-16-8-6-5-7-9-16)12-20-18(19-2)21-13-17-10-11-22-24(17)4;/h5-11,15H,12-14H2,1-4H3,(H2,19,20,21);1H. The number of rotatable bonds is 7. The van der Waals surface area contributed by atoms with E-state index in [1.807, 2.05) is 23.9 Å². The molecule has 0 aliphatic rings. The Morgan fingerprint density at radius 2 is 1.96 bits per heavy atom. The summed E-state index contributed by atoms with van der Waals surface area (Å²) in [6.45, 7) is 4.67. The molecule has 7 heteroatoms. The molecule has 6 nitrogen and oxygen atoms in total. The number of hydrogen-bond donors (Lipinski definition) is 2. The van der Waals surface area contributed by atoms with E-state index in [-0.39, 0.29) is 24.0 Å². The smallest absolute Gasteiger partial charge is 0.191 e. The van der Waals surface area contributed by atoms with Crippen LogP contribution in [0.15, 0.2) is 47.6 Å².